The van der Waals surface area contributed by atoms with Crippen LogP contribution in [0.1, 0.15) is 44.9 Å². The average molecular weight is 403 g/mol. The predicted molar refractivity (Wildman–Crippen MR) is 109 cm³/mol. The minimum Gasteiger partial charge on any atom is -0.464 e. The lowest BCUT2D eigenvalue weighted by atomic mass is 9.60. The molecular formula is C17H29B2N6O4. The molecule has 12 heteroatoms. The highest BCUT2D eigenvalue weighted by molar-refractivity contribution is 6.72. The molecule has 157 valence electrons. The van der Waals surface area contributed by atoms with E-state index in [-0.39, 0.29) is 24.5 Å². The number of amidine groups is 1. The Labute approximate surface area is 172 Å². The number of piperidine rings is 1. The zero-order valence-corrected chi connectivity index (χ0v) is 16.6. The van der Waals surface area contributed by atoms with Crippen LogP contribution in [0, 0.1) is 11.8 Å². The van der Waals surface area contributed by atoms with E-state index in [1.54, 1.807) is 0 Å². The third-order valence-electron chi connectivity index (χ3n) is 6.50. The number of hydrogen-bond donors (Lipinski definition) is 5. The number of nitrogens with zero attached hydrogens (tertiary/aromatic N) is 1. The molecule has 0 bridgehead atoms. The van der Waals surface area contributed by atoms with Gasteiger partial charge < -0.3 is 26.3 Å². The summed E-state index contributed by atoms with van der Waals surface area (Å²) >= 11 is 0. The van der Waals surface area contributed by atoms with Crippen LogP contribution in [0.3, 0.4) is 0 Å². The van der Waals surface area contributed by atoms with Gasteiger partial charge in [0, 0.05) is 12.8 Å². The van der Waals surface area contributed by atoms with Crippen molar-refractivity contribution in [2.75, 3.05) is 13.2 Å². The van der Waals surface area contributed by atoms with E-state index in [2.05, 4.69) is 28.0 Å². The molecule has 2 saturated heterocycles. The first-order valence-electron chi connectivity index (χ1n) is 10.1. The van der Waals surface area contributed by atoms with Gasteiger partial charge in [-0.25, -0.2) is 16.2 Å². The van der Waals surface area contributed by atoms with Crippen molar-refractivity contribution in [3.63, 3.8) is 0 Å². The maximum Gasteiger partial charge on any atom is 0.404 e. The summed E-state index contributed by atoms with van der Waals surface area (Å²) in [7, 11) is 8.69. The Morgan fingerprint density at radius 2 is 2.03 bits per heavy atom. The van der Waals surface area contributed by atoms with Gasteiger partial charge in [0.2, 0.25) is 0 Å². The number of hydrazone groups is 1. The van der Waals surface area contributed by atoms with Gasteiger partial charge in [-0.1, -0.05) is 18.2 Å². The molecule has 3 fully saturated rings. The van der Waals surface area contributed by atoms with Crippen molar-refractivity contribution in [2.24, 2.45) is 34.2 Å². The smallest absolute Gasteiger partial charge is 0.404 e. The van der Waals surface area contributed by atoms with Crippen LogP contribution in [0.15, 0.2) is 5.10 Å². The van der Waals surface area contributed by atoms with Gasteiger partial charge >= 0.3 is 12.1 Å². The van der Waals surface area contributed by atoms with Gasteiger partial charge in [-0.2, -0.15) is 5.10 Å². The third-order valence-corrected chi connectivity index (χ3v) is 6.50. The van der Waals surface area contributed by atoms with E-state index in [1.165, 1.54) is 0 Å². The summed E-state index contributed by atoms with van der Waals surface area (Å²) in [5, 5.41) is 6.44. The van der Waals surface area contributed by atoms with Crippen LogP contribution in [0.5, 0.6) is 0 Å². The summed E-state index contributed by atoms with van der Waals surface area (Å²) in [6, 6.07) is -0.444. The SMILES string of the molecule is [B]C12[B]C13CCC(CC/C(N)=N/NN)CC3CC(C(=O)OCCCOC(N)=O)N2. The zero-order valence-electron chi connectivity index (χ0n) is 16.6. The maximum absolute atomic E-state index is 12.5. The zero-order chi connectivity index (χ0) is 21.1. The van der Waals surface area contributed by atoms with E-state index in [4.69, 9.17) is 29.9 Å². The number of hydrogen-bond acceptors (Lipinski definition) is 8. The van der Waals surface area contributed by atoms with E-state index >= 15 is 0 Å². The van der Waals surface area contributed by atoms with Crippen LogP contribution in [-0.2, 0) is 14.3 Å². The highest BCUT2D eigenvalue weighted by Gasteiger charge is 2.71. The van der Waals surface area contributed by atoms with Crippen LogP contribution in [0.25, 0.3) is 0 Å². The second kappa shape index (κ2) is 8.83. The second-order valence-corrected chi connectivity index (χ2v) is 8.28. The predicted octanol–water partition coefficient (Wildman–Crippen LogP) is -0.992. The highest BCUT2D eigenvalue weighted by atomic mass is 16.6. The van der Waals surface area contributed by atoms with E-state index in [0.717, 1.165) is 25.7 Å². The third kappa shape index (κ3) is 4.80. The van der Waals surface area contributed by atoms with E-state index in [9.17, 15) is 9.59 Å². The standard InChI is InChI=1S/C17H29B2N6O4/c18-17-16(19-17)5-4-10(2-3-13(20)24-25-22)8-11(16)9-12(23-17)14(26)28-6-1-7-29-15(21)27/h10-12,23,25H,1-9,22H2,(H2,20,24)(H2,21,27). The van der Waals surface area contributed by atoms with Crippen molar-refractivity contribution < 1.29 is 19.1 Å². The fraction of sp³-hybridized carbons (Fsp3) is 0.824. The van der Waals surface area contributed by atoms with E-state index in [0.29, 0.717) is 36.9 Å². The Morgan fingerprint density at radius 3 is 2.76 bits per heavy atom. The van der Waals surface area contributed by atoms with Gasteiger partial charge in [0.25, 0.3) is 0 Å². The first-order valence-corrected chi connectivity index (χ1v) is 10.1. The topological polar surface area (TPSA) is 167 Å². The minimum atomic E-state index is -0.838. The molecule has 2 heterocycles. The van der Waals surface area contributed by atoms with Crippen LogP contribution < -0.4 is 28.2 Å². The number of hydrazine groups is 1. The number of nitrogens with one attached hydrogen (secondary N) is 2. The fourth-order valence-corrected chi connectivity index (χ4v) is 5.01. The lowest BCUT2D eigenvalue weighted by molar-refractivity contribution is -0.148. The first-order chi connectivity index (χ1) is 13.8. The quantitative estimate of drug-likeness (QED) is 0.0622. The van der Waals surface area contributed by atoms with Crippen LogP contribution >= 0.6 is 0 Å². The number of amides is 1. The molecule has 3 rings (SSSR count). The molecule has 2 aliphatic heterocycles. The number of esters is 1. The van der Waals surface area contributed by atoms with Crippen LogP contribution in [0.2, 0.25) is 5.31 Å². The Kier molecular flexibility index (Phi) is 6.62. The molecule has 10 nitrogen and oxygen atoms in total. The van der Waals surface area contributed by atoms with Crippen molar-refractivity contribution in [3.8, 4) is 0 Å². The van der Waals surface area contributed by atoms with Gasteiger partial charge in [0.1, 0.15) is 19.2 Å². The van der Waals surface area contributed by atoms with E-state index < -0.39 is 17.5 Å². The number of carbonyl (C=O) groups excluding carboxylic acids is 2. The van der Waals surface area contributed by atoms with E-state index in [1.807, 2.05) is 0 Å². The van der Waals surface area contributed by atoms with Gasteiger partial charge in [-0.15, -0.1) is 0 Å². The lowest BCUT2D eigenvalue weighted by Crippen LogP contribution is -2.55. The average Bonchev–Trinajstić information content (AvgIpc) is 3.28. The van der Waals surface area contributed by atoms with Gasteiger partial charge in [-0.05, 0) is 36.4 Å². The van der Waals surface area contributed by atoms with Gasteiger partial charge in [0.15, 0.2) is 0 Å². The summed E-state index contributed by atoms with van der Waals surface area (Å²) in [6.07, 6.45) is 4.95. The molecule has 5 unspecified atom stereocenters. The molecule has 0 aromatic rings. The Hall–Kier alpha value is -1.94. The number of nitrogens with two attached hydrogens (primary N) is 3. The number of primary amides is 1. The Morgan fingerprint density at radius 1 is 1.28 bits per heavy atom. The highest BCUT2D eigenvalue weighted by Crippen LogP contribution is 2.69. The number of ether oxygens (including phenoxy) is 2. The van der Waals surface area contributed by atoms with Gasteiger partial charge in [0.05, 0.1) is 21.1 Å². The molecule has 1 amide bonds. The number of rotatable bonds is 9. The van der Waals surface area contributed by atoms with Crippen molar-refractivity contribution in [2.45, 2.75) is 61.6 Å². The minimum absolute atomic E-state index is 0.0337. The molecule has 3 aliphatic rings. The first kappa shape index (κ1) is 21.8. The summed E-state index contributed by atoms with van der Waals surface area (Å²) in [5.74, 6) is 6.16. The molecule has 8 N–H and O–H groups in total. The molecule has 0 aromatic heterocycles. The summed E-state index contributed by atoms with van der Waals surface area (Å²) < 4.78 is 9.96. The molecule has 5 atom stereocenters. The summed E-state index contributed by atoms with van der Waals surface area (Å²) in [5.41, 5.74) is 12.9. The molecule has 29 heavy (non-hydrogen) atoms. The molecule has 1 saturated carbocycles. The fourth-order valence-electron chi connectivity index (χ4n) is 5.01. The van der Waals surface area contributed by atoms with Crippen molar-refractivity contribution in [1.82, 2.24) is 10.9 Å². The van der Waals surface area contributed by atoms with Crippen LogP contribution in [-0.4, -0.2) is 57.6 Å². The largest absolute Gasteiger partial charge is 0.464 e. The summed E-state index contributed by atoms with van der Waals surface area (Å²) in [6.45, 7) is 0.284. The van der Waals surface area contributed by atoms with Gasteiger partial charge in [-0.3, -0.25) is 4.79 Å². The van der Waals surface area contributed by atoms with Crippen molar-refractivity contribution in [1.29, 1.82) is 0 Å². The maximum atomic E-state index is 12.5. The molecule has 1 aliphatic carbocycles. The Bertz CT molecular complexity index is 668. The lowest BCUT2D eigenvalue weighted by Gasteiger charge is -2.47. The monoisotopic (exact) mass is 403 g/mol. The summed E-state index contributed by atoms with van der Waals surface area (Å²) in [4.78, 5) is 23.0. The Balaban J connectivity index is 1.50. The van der Waals surface area contributed by atoms with Crippen LogP contribution in [0.4, 0.5) is 4.79 Å². The molecule has 1 spiro atoms. The molecule has 0 aromatic carbocycles. The molecular weight excluding hydrogens is 374 g/mol. The molecule has 3 radical (unpaired) electrons. The normalized spacial score (nSPS) is 35.5. The van der Waals surface area contributed by atoms with Crippen molar-refractivity contribution in [3.05, 3.63) is 0 Å². The number of carbonyl (C=O) groups is 2. The second-order valence-electron chi connectivity index (χ2n) is 8.28. The van der Waals surface area contributed by atoms with Crippen molar-refractivity contribution >= 4 is 33.0 Å².